The lowest BCUT2D eigenvalue weighted by molar-refractivity contribution is -0.150. The van der Waals surface area contributed by atoms with Crippen molar-refractivity contribution in [1.29, 1.82) is 0 Å². The summed E-state index contributed by atoms with van der Waals surface area (Å²) in [6.07, 6.45) is 1.70. The summed E-state index contributed by atoms with van der Waals surface area (Å²) in [5, 5.41) is 3.15. The highest BCUT2D eigenvalue weighted by Gasteiger charge is 2.37. The highest BCUT2D eigenvalue weighted by molar-refractivity contribution is 5.82. The largest absolute Gasteiger partial charge is 0.464 e. The van der Waals surface area contributed by atoms with E-state index in [9.17, 15) is 4.79 Å². The molecule has 1 N–H and O–H groups in total. The number of carbonyl (C=O) groups is 1. The van der Waals surface area contributed by atoms with Gasteiger partial charge in [0.15, 0.2) is 11.5 Å². The van der Waals surface area contributed by atoms with E-state index in [4.69, 9.17) is 14.2 Å². The summed E-state index contributed by atoms with van der Waals surface area (Å²) >= 11 is 0. The Morgan fingerprint density at radius 1 is 1.50 bits per heavy atom. The number of nitrogens with one attached hydrogen (secondary N) is 1. The Balaban J connectivity index is 2.34. The normalized spacial score (nSPS) is 15.5. The van der Waals surface area contributed by atoms with Gasteiger partial charge < -0.3 is 14.2 Å². The van der Waals surface area contributed by atoms with Crippen LogP contribution >= 0.6 is 0 Å². The van der Waals surface area contributed by atoms with Crippen LogP contribution in [0.25, 0.3) is 0 Å². The summed E-state index contributed by atoms with van der Waals surface area (Å²) in [4.78, 5) is 12.3. The predicted molar refractivity (Wildman–Crippen MR) is 74.7 cm³/mol. The Labute approximate surface area is 118 Å². The molecule has 0 saturated carbocycles. The number of ether oxygens (including phenoxy) is 3. The van der Waals surface area contributed by atoms with E-state index in [1.807, 2.05) is 6.07 Å². The minimum absolute atomic E-state index is 0.203. The van der Waals surface area contributed by atoms with Gasteiger partial charge in [0, 0.05) is 6.54 Å². The number of carbonyl (C=O) groups excluding carboxylic acids is 1. The van der Waals surface area contributed by atoms with Gasteiger partial charge in [0.1, 0.15) is 5.54 Å². The van der Waals surface area contributed by atoms with E-state index in [0.717, 1.165) is 5.56 Å². The van der Waals surface area contributed by atoms with Crippen LogP contribution in [-0.4, -0.2) is 25.9 Å². The van der Waals surface area contributed by atoms with Gasteiger partial charge in [-0.05, 0) is 31.5 Å². The van der Waals surface area contributed by atoms with Crippen LogP contribution in [0.5, 0.6) is 11.5 Å². The summed E-state index contributed by atoms with van der Waals surface area (Å²) in [7, 11) is 0. The second kappa shape index (κ2) is 5.96. The van der Waals surface area contributed by atoms with Gasteiger partial charge in [-0.25, -0.2) is 4.79 Å². The van der Waals surface area contributed by atoms with Crippen LogP contribution in [-0.2, 0) is 15.1 Å². The number of esters is 1. The molecule has 1 aliphatic rings. The van der Waals surface area contributed by atoms with Crippen LogP contribution in [0.15, 0.2) is 30.9 Å². The molecule has 0 amide bonds. The van der Waals surface area contributed by atoms with Gasteiger partial charge in [-0.2, -0.15) is 0 Å². The zero-order chi connectivity index (χ0) is 14.6. The molecule has 1 aromatic carbocycles. The minimum atomic E-state index is -0.953. The maximum absolute atomic E-state index is 12.3. The van der Waals surface area contributed by atoms with E-state index in [1.54, 1.807) is 32.1 Å². The van der Waals surface area contributed by atoms with Gasteiger partial charge in [0.25, 0.3) is 0 Å². The molecule has 1 heterocycles. The van der Waals surface area contributed by atoms with Crippen molar-refractivity contribution in [2.24, 2.45) is 0 Å². The molecule has 0 spiro atoms. The number of benzene rings is 1. The maximum atomic E-state index is 12.3. The summed E-state index contributed by atoms with van der Waals surface area (Å²) < 4.78 is 15.8. The molecule has 1 aliphatic heterocycles. The highest BCUT2D eigenvalue weighted by Crippen LogP contribution is 2.36. The smallest absolute Gasteiger partial charge is 0.330 e. The lowest BCUT2D eigenvalue weighted by Gasteiger charge is -2.28. The maximum Gasteiger partial charge on any atom is 0.330 e. The fraction of sp³-hybridized carbons (Fsp3) is 0.400. The van der Waals surface area contributed by atoms with Crippen LogP contribution in [0.3, 0.4) is 0 Å². The fourth-order valence-corrected chi connectivity index (χ4v) is 2.05. The Kier molecular flexibility index (Phi) is 4.29. The molecular formula is C15H19NO4. The van der Waals surface area contributed by atoms with Crippen LogP contribution in [0, 0.1) is 0 Å². The summed E-state index contributed by atoms with van der Waals surface area (Å²) in [6.45, 7) is 8.25. The SMILES string of the molecule is C=CCNC(C)(C(=O)OCC)c1ccc2c(c1)OCO2. The number of hydrogen-bond donors (Lipinski definition) is 1. The molecule has 5 nitrogen and oxygen atoms in total. The second-order valence-electron chi connectivity index (χ2n) is 4.58. The third kappa shape index (κ3) is 2.63. The average Bonchev–Trinajstić information content (AvgIpc) is 2.92. The van der Waals surface area contributed by atoms with Crippen molar-refractivity contribution in [2.45, 2.75) is 19.4 Å². The van der Waals surface area contributed by atoms with Crippen LogP contribution in [0.2, 0.25) is 0 Å². The van der Waals surface area contributed by atoms with Crippen molar-refractivity contribution >= 4 is 5.97 Å². The molecule has 5 heteroatoms. The van der Waals surface area contributed by atoms with Gasteiger partial charge in [-0.1, -0.05) is 12.1 Å². The first-order chi connectivity index (χ1) is 9.61. The lowest BCUT2D eigenvalue weighted by atomic mass is 9.91. The Bertz CT molecular complexity index is 515. The van der Waals surface area contributed by atoms with Crippen molar-refractivity contribution in [3.63, 3.8) is 0 Å². The first kappa shape index (κ1) is 14.4. The van der Waals surface area contributed by atoms with E-state index in [1.165, 1.54) is 0 Å². The molecule has 1 unspecified atom stereocenters. The van der Waals surface area contributed by atoms with Crippen LogP contribution in [0.4, 0.5) is 0 Å². The first-order valence-corrected chi connectivity index (χ1v) is 6.55. The third-order valence-electron chi connectivity index (χ3n) is 3.23. The zero-order valence-corrected chi connectivity index (χ0v) is 11.8. The van der Waals surface area contributed by atoms with Crippen LogP contribution in [0.1, 0.15) is 19.4 Å². The molecule has 20 heavy (non-hydrogen) atoms. The molecule has 1 atom stereocenters. The van der Waals surface area contributed by atoms with E-state index < -0.39 is 5.54 Å². The summed E-state index contributed by atoms with van der Waals surface area (Å²) in [5.74, 6) is 0.989. The molecule has 2 rings (SSSR count). The van der Waals surface area contributed by atoms with Gasteiger partial charge in [0.2, 0.25) is 6.79 Å². The molecule has 0 aromatic heterocycles. The third-order valence-corrected chi connectivity index (χ3v) is 3.23. The molecule has 108 valence electrons. The molecule has 0 saturated heterocycles. The molecule has 0 bridgehead atoms. The highest BCUT2D eigenvalue weighted by atomic mass is 16.7. The van der Waals surface area contributed by atoms with Crippen molar-refractivity contribution in [3.8, 4) is 11.5 Å². The summed E-state index contributed by atoms with van der Waals surface area (Å²) in [6, 6.07) is 5.43. The predicted octanol–water partition coefficient (Wildman–Crippen LogP) is 1.97. The molecular weight excluding hydrogens is 258 g/mol. The lowest BCUT2D eigenvalue weighted by Crippen LogP contribution is -2.47. The van der Waals surface area contributed by atoms with Crippen molar-refractivity contribution in [3.05, 3.63) is 36.4 Å². The van der Waals surface area contributed by atoms with E-state index in [0.29, 0.717) is 24.7 Å². The Hall–Kier alpha value is -2.01. The van der Waals surface area contributed by atoms with Crippen LogP contribution < -0.4 is 14.8 Å². The second-order valence-corrected chi connectivity index (χ2v) is 4.58. The average molecular weight is 277 g/mol. The molecule has 1 aromatic rings. The molecule has 0 aliphatic carbocycles. The van der Waals surface area contributed by atoms with Crippen molar-refractivity contribution in [1.82, 2.24) is 5.32 Å². The van der Waals surface area contributed by atoms with E-state index >= 15 is 0 Å². The van der Waals surface area contributed by atoms with E-state index in [2.05, 4.69) is 11.9 Å². The number of rotatable bonds is 6. The monoisotopic (exact) mass is 277 g/mol. The molecule has 0 fully saturated rings. The Morgan fingerprint density at radius 2 is 2.25 bits per heavy atom. The fourth-order valence-electron chi connectivity index (χ4n) is 2.05. The summed E-state index contributed by atoms with van der Waals surface area (Å²) in [5.41, 5.74) is -0.187. The molecule has 0 radical (unpaired) electrons. The van der Waals surface area contributed by atoms with E-state index in [-0.39, 0.29) is 12.8 Å². The van der Waals surface area contributed by atoms with Gasteiger partial charge in [-0.3, -0.25) is 5.32 Å². The minimum Gasteiger partial charge on any atom is -0.464 e. The standard InChI is InChI=1S/C15H19NO4/c1-4-8-16-15(3,14(17)18-5-2)11-6-7-12-13(9-11)20-10-19-12/h4,6-7,9,16H,1,5,8,10H2,2-3H3. The number of hydrogen-bond acceptors (Lipinski definition) is 5. The van der Waals surface area contributed by atoms with Gasteiger partial charge in [0.05, 0.1) is 6.61 Å². The topological polar surface area (TPSA) is 56.8 Å². The van der Waals surface area contributed by atoms with Crippen molar-refractivity contribution in [2.75, 3.05) is 19.9 Å². The van der Waals surface area contributed by atoms with Crippen molar-refractivity contribution < 1.29 is 19.0 Å². The quantitative estimate of drug-likeness (QED) is 0.636. The first-order valence-electron chi connectivity index (χ1n) is 6.55. The Morgan fingerprint density at radius 3 is 2.95 bits per heavy atom. The number of fused-ring (bicyclic) bond motifs is 1. The van der Waals surface area contributed by atoms with Gasteiger partial charge in [-0.15, -0.1) is 6.58 Å². The van der Waals surface area contributed by atoms with Gasteiger partial charge >= 0.3 is 5.97 Å². The zero-order valence-electron chi connectivity index (χ0n) is 11.8.